The number of methoxy groups -OCH3 is 1. The van der Waals surface area contributed by atoms with Gasteiger partial charge in [0.1, 0.15) is 40.9 Å². The van der Waals surface area contributed by atoms with Crippen molar-refractivity contribution in [3.8, 4) is 11.6 Å². The molecule has 2 aliphatic carbocycles. The van der Waals surface area contributed by atoms with Crippen LogP contribution in [0, 0.1) is 11.7 Å². The van der Waals surface area contributed by atoms with Crippen molar-refractivity contribution in [3.63, 3.8) is 0 Å². The number of hydrogen-bond donors (Lipinski definition) is 3. The Morgan fingerprint density at radius 2 is 1.81 bits per heavy atom. The Morgan fingerprint density at radius 1 is 1.06 bits per heavy atom. The van der Waals surface area contributed by atoms with E-state index in [2.05, 4.69) is 15.6 Å². The highest BCUT2D eigenvalue weighted by Crippen LogP contribution is 2.47. The van der Waals surface area contributed by atoms with Crippen LogP contribution in [0.4, 0.5) is 9.18 Å². The number of nitrogens with zero attached hydrogens (tertiary/aromatic N) is 2. The number of aromatic nitrogens is 1. The van der Waals surface area contributed by atoms with Crippen LogP contribution in [0.1, 0.15) is 83.5 Å². The van der Waals surface area contributed by atoms with E-state index >= 15 is 0 Å². The first-order valence-electron chi connectivity index (χ1n) is 16.8. The number of alkyl carbamates (subject to hydrolysis) is 1. The largest absolute Gasteiger partial charge is 0.488 e. The molecule has 1 aromatic heterocycles. The van der Waals surface area contributed by atoms with Crippen molar-refractivity contribution in [1.29, 1.82) is 0 Å². The third-order valence-corrected chi connectivity index (χ3v) is 10.1. The van der Waals surface area contributed by atoms with Gasteiger partial charge in [0, 0.05) is 30.3 Å². The SMILES string of the molecule is COc1cc(O[C@@H]2C[C@H]3C(=O)N[C@]4(C(=O)O)C[C@@H]4CCCCCC[C@H](NC(=O)OC4CCCC4)CC(=O)N3C2)c2cccc(F)c2n1. The average Bonchev–Trinajstić information content (AvgIpc) is 3.32. The Bertz CT molecular complexity index is 1520. The van der Waals surface area contributed by atoms with Crippen LogP contribution in [0.3, 0.4) is 0 Å². The maximum atomic E-state index is 14.7. The fraction of sp³-hybridized carbons (Fsp3) is 0.618. The second-order valence-electron chi connectivity index (χ2n) is 13.4. The summed E-state index contributed by atoms with van der Waals surface area (Å²) >= 11 is 0. The fourth-order valence-corrected chi connectivity index (χ4v) is 7.45. The van der Waals surface area contributed by atoms with Crippen LogP contribution in [0.25, 0.3) is 10.9 Å². The normalized spacial score (nSPS) is 28.8. The van der Waals surface area contributed by atoms with E-state index in [1.807, 2.05) is 0 Å². The van der Waals surface area contributed by atoms with E-state index in [0.29, 0.717) is 24.6 Å². The van der Waals surface area contributed by atoms with Crippen LogP contribution in [-0.2, 0) is 19.1 Å². The molecular formula is C34H43FN4O8. The Labute approximate surface area is 272 Å². The topological polar surface area (TPSA) is 156 Å². The van der Waals surface area contributed by atoms with Gasteiger partial charge in [-0.25, -0.2) is 19.0 Å². The molecule has 0 unspecified atom stereocenters. The van der Waals surface area contributed by atoms with Gasteiger partial charge in [-0.3, -0.25) is 9.59 Å². The molecule has 0 bridgehead atoms. The van der Waals surface area contributed by atoms with Crippen molar-refractivity contribution in [3.05, 3.63) is 30.1 Å². The van der Waals surface area contributed by atoms with Crippen molar-refractivity contribution < 1.29 is 42.9 Å². The maximum absolute atomic E-state index is 14.7. The predicted octanol–water partition coefficient (Wildman–Crippen LogP) is 4.47. The Morgan fingerprint density at radius 3 is 2.55 bits per heavy atom. The molecule has 4 aliphatic rings. The molecule has 2 aliphatic heterocycles. The number of carbonyl (C=O) groups excluding carboxylic acids is 3. The molecule has 1 aromatic carbocycles. The zero-order valence-corrected chi connectivity index (χ0v) is 26.7. The van der Waals surface area contributed by atoms with E-state index in [1.165, 1.54) is 30.2 Å². The number of aliphatic carboxylic acids is 1. The third-order valence-electron chi connectivity index (χ3n) is 10.1. The molecule has 0 spiro atoms. The van der Waals surface area contributed by atoms with Crippen LogP contribution in [0.15, 0.2) is 24.3 Å². The smallest absolute Gasteiger partial charge is 0.407 e. The predicted molar refractivity (Wildman–Crippen MR) is 167 cm³/mol. The van der Waals surface area contributed by atoms with Crippen molar-refractivity contribution in [2.24, 2.45) is 5.92 Å². The van der Waals surface area contributed by atoms with E-state index in [9.17, 15) is 28.7 Å². The van der Waals surface area contributed by atoms with Crippen LogP contribution in [0.5, 0.6) is 11.6 Å². The molecule has 12 nitrogen and oxygen atoms in total. The number of amides is 3. The van der Waals surface area contributed by atoms with E-state index in [-0.39, 0.29) is 54.5 Å². The summed E-state index contributed by atoms with van der Waals surface area (Å²) in [5.74, 6) is -2.31. The molecule has 5 atom stereocenters. The zero-order chi connectivity index (χ0) is 33.1. The van der Waals surface area contributed by atoms with E-state index in [0.717, 1.165) is 51.4 Å². The molecule has 6 rings (SSSR count). The third kappa shape index (κ3) is 7.23. The molecule has 3 N–H and O–H groups in total. The second kappa shape index (κ2) is 13.9. The number of benzene rings is 1. The number of ether oxygens (including phenoxy) is 3. The van der Waals surface area contributed by atoms with Gasteiger partial charge in [-0.2, -0.15) is 0 Å². The van der Waals surface area contributed by atoms with Gasteiger partial charge in [0.2, 0.25) is 17.7 Å². The van der Waals surface area contributed by atoms with Crippen LogP contribution in [0.2, 0.25) is 0 Å². The minimum Gasteiger partial charge on any atom is -0.488 e. The number of hydrogen-bond acceptors (Lipinski definition) is 8. The number of halogens is 1. The van der Waals surface area contributed by atoms with Crippen LogP contribution < -0.4 is 20.1 Å². The van der Waals surface area contributed by atoms with Crippen molar-refractivity contribution >= 4 is 34.8 Å². The molecule has 13 heteroatoms. The molecule has 3 amide bonds. The number of fused-ring (bicyclic) bond motifs is 3. The highest BCUT2D eigenvalue weighted by Gasteiger charge is 2.62. The summed E-state index contributed by atoms with van der Waals surface area (Å²) in [4.78, 5) is 58.6. The minimum atomic E-state index is -1.36. The highest BCUT2D eigenvalue weighted by molar-refractivity contribution is 5.94. The van der Waals surface area contributed by atoms with E-state index in [1.54, 1.807) is 6.07 Å². The monoisotopic (exact) mass is 654 g/mol. The van der Waals surface area contributed by atoms with Gasteiger partial charge in [-0.15, -0.1) is 0 Å². The lowest BCUT2D eigenvalue weighted by Gasteiger charge is -2.27. The Hall–Kier alpha value is -4.16. The summed E-state index contributed by atoms with van der Waals surface area (Å²) in [6, 6.07) is 4.51. The molecule has 2 saturated carbocycles. The van der Waals surface area contributed by atoms with Gasteiger partial charge in [-0.05, 0) is 63.0 Å². The minimum absolute atomic E-state index is 0.0289. The molecule has 254 valence electrons. The summed E-state index contributed by atoms with van der Waals surface area (Å²) in [6.45, 7) is 0.0289. The molecular weight excluding hydrogens is 611 g/mol. The van der Waals surface area contributed by atoms with Gasteiger partial charge in [-0.1, -0.05) is 31.7 Å². The Balaban J connectivity index is 1.25. The van der Waals surface area contributed by atoms with E-state index < -0.39 is 47.5 Å². The summed E-state index contributed by atoms with van der Waals surface area (Å²) in [6.07, 6.45) is 7.31. The first-order chi connectivity index (χ1) is 22.7. The Kier molecular flexibility index (Phi) is 9.70. The maximum Gasteiger partial charge on any atom is 0.407 e. The molecule has 47 heavy (non-hydrogen) atoms. The number of carboxylic acids is 1. The summed E-state index contributed by atoms with van der Waals surface area (Å²) < 4.78 is 31.9. The number of rotatable bonds is 6. The number of pyridine rings is 1. The van der Waals surface area contributed by atoms with Crippen LogP contribution in [-0.4, -0.2) is 82.4 Å². The zero-order valence-electron chi connectivity index (χ0n) is 26.7. The number of para-hydroxylation sites is 1. The van der Waals surface area contributed by atoms with Crippen molar-refractivity contribution in [2.75, 3.05) is 13.7 Å². The standard InChI is InChI=1S/C34H43FN4O8/c1-45-28-17-27(24-13-8-14-25(35)30(24)37-28)46-23-16-26-31(41)38-34(32(42)43)18-20(34)9-4-2-3-5-10-21(15-29(40)39(26)19-23)36-33(44)47-22-11-6-7-12-22/h8,13-14,17,20-23,26H,2-7,9-12,15-16,18-19H2,1H3,(H,36,44)(H,38,41)(H,42,43)/t20-,21-,23+,26-,34+/m0/s1. The van der Waals surface area contributed by atoms with Gasteiger partial charge < -0.3 is 34.9 Å². The first-order valence-corrected chi connectivity index (χ1v) is 16.8. The van der Waals surface area contributed by atoms with E-state index in [4.69, 9.17) is 14.2 Å². The highest BCUT2D eigenvalue weighted by atomic mass is 19.1. The first kappa shape index (κ1) is 32.8. The lowest BCUT2D eigenvalue weighted by Crippen LogP contribution is -2.53. The quantitative estimate of drug-likeness (QED) is 0.409. The number of carboxylic acid groups (broad SMARTS) is 1. The van der Waals surface area contributed by atoms with Crippen LogP contribution >= 0.6 is 0 Å². The summed E-state index contributed by atoms with van der Waals surface area (Å²) in [7, 11) is 1.41. The molecule has 2 aromatic rings. The number of nitrogens with one attached hydrogen (secondary N) is 2. The second-order valence-corrected chi connectivity index (χ2v) is 13.4. The lowest BCUT2D eigenvalue weighted by molar-refractivity contribution is -0.145. The molecule has 2 saturated heterocycles. The summed E-state index contributed by atoms with van der Waals surface area (Å²) in [5, 5.41) is 16.2. The van der Waals surface area contributed by atoms with Crippen molar-refractivity contribution in [1.82, 2.24) is 20.5 Å². The number of carbonyl (C=O) groups is 4. The molecule has 3 heterocycles. The van der Waals surface area contributed by atoms with Gasteiger partial charge in [0.15, 0.2) is 0 Å². The van der Waals surface area contributed by atoms with Gasteiger partial charge >= 0.3 is 12.1 Å². The van der Waals surface area contributed by atoms with Crippen molar-refractivity contribution in [2.45, 2.75) is 113 Å². The molecule has 0 radical (unpaired) electrons. The fourth-order valence-electron chi connectivity index (χ4n) is 7.45. The molecule has 4 fully saturated rings. The summed E-state index contributed by atoms with van der Waals surface area (Å²) in [5.41, 5.74) is -1.30. The van der Waals surface area contributed by atoms with Gasteiger partial charge in [0.25, 0.3) is 0 Å². The lowest BCUT2D eigenvalue weighted by atomic mass is 10.0. The van der Waals surface area contributed by atoms with Gasteiger partial charge in [0.05, 0.1) is 13.7 Å². The average molecular weight is 655 g/mol.